The molecule has 23 heavy (non-hydrogen) atoms. The van der Waals surface area contributed by atoms with Gasteiger partial charge in [0.25, 0.3) is 0 Å². The molecule has 0 unspecified atom stereocenters. The van der Waals surface area contributed by atoms with Crippen LogP contribution in [0.1, 0.15) is 18.4 Å². The minimum absolute atomic E-state index is 0.0611. The van der Waals surface area contributed by atoms with Crippen molar-refractivity contribution < 1.29 is 9.53 Å². The number of amides is 1. The Balaban J connectivity index is 1.58. The molecule has 1 aromatic heterocycles. The molecule has 0 saturated carbocycles. The Hall–Kier alpha value is -2.56. The molecule has 5 heteroatoms. The topological polar surface area (TPSA) is 54.5 Å². The van der Waals surface area contributed by atoms with Crippen LogP contribution in [0.2, 0.25) is 0 Å². The quantitative estimate of drug-likeness (QED) is 0.922. The number of benzene rings is 1. The summed E-state index contributed by atoms with van der Waals surface area (Å²) < 4.78 is 5.17. The molecular formula is C18H21N3O2. The molecular weight excluding hydrogens is 290 g/mol. The van der Waals surface area contributed by atoms with Crippen molar-refractivity contribution in [1.29, 1.82) is 0 Å². The van der Waals surface area contributed by atoms with Gasteiger partial charge in [-0.1, -0.05) is 12.1 Å². The van der Waals surface area contributed by atoms with Crippen LogP contribution in [0.5, 0.6) is 5.75 Å². The van der Waals surface area contributed by atoms with Crippen molar-refractivity contribution in [2.24, 2.45) is 0 Å². The minimum atomic E-state index is -0.0611. The van der Waals surface area contributed by atoms with Crippen LogP contribution in [0.3, 0.4) is 0 Å². The number of ether oxygens (including phenoxy) is 1. The molecule has 1 aliphatic heterocycles. The number of nitrogens with one attached hydrogen (secondary N) is 1. The van der Waals surface area contributed by atoms with E-state index in [0.717, 1.165) is 35.9 Å². The van der Waals surface area contributed by atoms with E-state index in [-0.39, 0.29) is 5.91 Å². The summed E-state index contributed by atoms with van der Waals surface area (Å²) in [7, 11) is 1.62. The van der Waals surface area contributed by atoms with Crippen LogP contribution < -0.4 is 15.0 Å². The minimum Gasteiger partial charge on any atom is -0.497 e. The van der Waals surface area contributed by atoms with Crippen LogP contribution in [-0.4, -0.2) is 31.1 Å². The number of nitrogens with zero attached hydrogens (tertiary/aromatic N) is 2. The van der Waals surface area contributed by atoms with Gasteiger partial charge in [-0.25, -0.2) is 4.98 Å². The molecule has 1 saturated heterocycles. The van der Waals surface area contributed by atoms with Gasteiger partial charge in [0.15, 0.2) is 0 Å². The van der Waals surface area contributed by atoms with E-state index in [1.807, 2.05) is 36.4 Å². The number of carbonyl (C=O) groups is 1. The summed E-state index contributed by atoms with van der Waals surface area (Å²) in [5.74, 6) is 1.68. The second kappa shape index (κ2) is 7.13. The van der Waals surface area contributed by atoms with Gasteiger partial charge in [-0.2, -0.15) is 0 Å². The van der Waals surface area contributed by atoms with Gasteiger partial charge in [0.1, 0.15) is 11.6 Å². The lowest BCUT2D eigenvalue weighted by molar-refractivity contribution is -0.115. The second-order valence-electron chi connectivity index (χ2n) is 5.68. The maximum Gasteiger partial charge on any atom is 0.228 e. The molecule has 1 aromatic carbocycles. The van der Waals surface area contributed by atoms with Gasteiger partial charge >= 0.3 is 0 Å². The Morgan fingerprint density at radius 3 is 2.78 bits per heavy atom. The molecule has 0 radical (unpaired) electrons. The number of carbonyl (C=O) groups excluding carboxylic acids is 1. The number of anilines is 2. The molecule has 2 heterocycles. The Bertz CT molecular complexity index is 664. The maximum atomic E-state index is 12.1. The first kappa shape index (κ1) is 15.3. The Morgan fingerprint density at radius 2 is 2.09 bits per heavy atom. The van der Waals surface area contributed by atoms with Crippen molar-refractivity contribution in [3.05, 3.63) is 48.2 Å². The highest BCUT2D eigenvalue weighted by Crippen LogP contribution is 2.19. The van der Waals surface area contributed by atoms with Gasteiger partial charge in [0.2, 0.25) is 5.91 Å². The highest BCUT2D eigenvalue weighted by atomic mass is 16.5. The van der Waals surface area contributed by atoms with Crippen LogP contribution in [0, 0.1) is 0 Å². The molecule has 0 aliphatic carbocycles. The third-order valence-electron chi connectivity index (χ3n) is 3.96. The molecule has 5 nitrogen and oxygen atoms in total. The molecule has 1 fully saturated rings. The van der Waals surface area contributed by atoms with Crippen LogP contribution in [0.4, 0.5) is 11.5 Å². The summed E-state index contributed by atoms with van der Waals surface area (Å²) in [5, 5.41) is 2.88. The van der Waals surface area contributed by atoms with Crippen molar-refractivity contribution in [3.8, 4) is 5.75 Å². The molecule has 1 amide bonds. The van der Waals surface area contributed by atoms with Crippen molar-refractivity contribution in [2.45, 2.75) is 19.3 Å². The summed E-state index contributed by atoms with van der Waals surface area (Å²) in [6.07, 6.45) is 4.48. The average molecular weight is 311 g/mol. The molecule has 0 atom stereocenters. The van der Waals surface area contributed by atoms with Gasteiger partial charge in [-0.3, -0.25) is 4.79 Å². The summed E-state index contributed by atoms with van der Waals surface area (Å²) >= 11 is 0. The van der Waals surface area contributed by atoms with E-state index in [0.29, 0.717) is 6.42 Å². The highest BCUT2D eigenvalue weighted by Gasteiger charge is 2.13. The number of hydrogen-bond acceptors (Lipinski definition) is 4. The number of rotatable bonds is 5. The fourth-order valence-corrected chi connectivity index (χ4v) is 2.77. The predicted molar refractivity (Wildman–Crippen MR) is 91.0 cm³/mol. The molecule has 1 aliphatic rings. The van der Waals surface area contributed by atoms with Gasteiger partial charge < -0.3 is 15.0 Å². The van der Waals surface area contributed by atoms with Crippen LogP contribution in [0.25, 0.3) is 0 Å². The van der Waals surface area contributed by atoms with E-state index in [2.05, 4.69) is 15.2 Å². The van der Waals surface area contributed by atoms with Gasteiger partial charge in [-0.15, -0.1) is 0 Å². The fraction of sp³-hybridized carbons (Fsp3) is 0.333. The second-order valence-corrected chi connectivity index (χ2v) is 5.68. The first-order valence-electron chi connectivity index (χ1n) is 7.88. The summed E-state index contributed by atoms with van der Waals surface area (Å²) in [6, 6.07) is 11.4. The van der Waals surface area contributed by atoms with Crippen molar-refractivity contribution in [2.75, 3.05) is 30.4 Å². The van der Waals surface area contributed by atoms with Crippen molar-refractivity contribution in [3.63, 3.8) is 0 Å². The SMILES string of the molecule is COc1cccc(CC(=O)Nc2ccc(N3CCCC3)nc2)c1. The standard InChI is InChI=1S/C18H21N3O2/c1-23-16-6-4-5-14(11-16)12-18(22)20-15-7-8-17(19-13-15)21-9-2-3-10-21/h4-8,11,13H,2-3,9-10,12H2,1H3,(H,20,22). The molecule has 120 valence electrons. The Kier molecular flexibility index (Phi) is 4.76. The van der Waals surface area contributed by atoms with E-state index in [4.69, 9.17) is 4.74 Å². The van der Waals surface area contributed by atoms with E-state index in [1.165, 1.54) is 12.8 Å². The smallest absolute Gasteiger partial charge is 0.228 e. The monoisotopic (exact) mass is 311 g/mol. The van der Waals surface area contributed by atoms with E-state index in [9.17, 15) is 4.79 Å². The zero-order valence-corrected chi connectivity index (χ0v) is 13.3. The van der Waals surface area contributed by atoms with Crippen LogP contribution in [0.15, 0.2) is 42.6 Å². The lowest BCUT2D eigenvalue weighted by Crippen LogP contribution is -2.19. The first-order valence-corrected chi connectivity index (χ1v) is 7.88. The van der Waals surface area contributed by atoms with Gasteiger partial charge in [-0.05, 0) is 42.7 Å². The third kappa shape index (κ3) is 4.00. The van der Waals surface area contributed by atoms with E-state index in [1.54, 1.807) is 13.3 Å². The Morgan fingerprint density at radius 1 is 1.26 bits per heavy atom. The van der Waals surface area contributed by atoms with Crippen LogP contribution in [-0.2, 0) is 11.2 Å². The molecule has 0 spiro atoms. The zero-order chi connectivity index (χ0) is 16.1. The summed E-state index contributed by atoms with van der Waals surface area (Å²) in [6.45, 7) is 2.13. The third-order valence-corrected chi connectivity index (χ3v) is 3.96. The lowest BCUT2D eigenvalue weighted by atomic mass is 10.1. The largest absolute Gasteiger partial charge is 0.497 e. The fourth-order valence-electron chi connectivity index (χ4n) is 2.77. The summed E-state index contributed by atoms with van der Waals surface area (Å²) in [5.41, 5.74) is 1.64. The maximum absolute atomic E-state index is 12.1. The van der Waals surface area contributed by atoms with E-state index >= 15 is 0 Å². The molecule has 1 N–H and O–H groups in total. The lowest BCUT2D eigenvalue weighted by Gasteiger charge is -2.16. The molecule has 3 rings (SSSR count). The number of hydrogen-bond donors (Lipinski definition) is 1. The predicted octanol–water partition coefficient (Wildman–Crippen LogP) is 2.87. The first-order chi connectivity index (χ1) is 11.2. The Labute approximate surface area is 136 Å². The normalized spacial score (nSPS) is 13.9. The van der Waals surface area contributed by atoms with Gasteiger partial charge in [0.05, 0.1) is 25.4 Å². The number of methoxy groups -OCH3 is 1. The molecule has 0 bridgehead atoms. The zero-order valence-electron chi connectivity index (χ0n) is 13.3. The molecule has 2 aromatic rings. The van der Waals surface area contributed by atoms with E-state index < -0.39 is 0 Å². The summed E-state index contributed by atoms with van der Waals surface area (Å²) in [4.78, 5) is 18.8. The highest BCUT2D eigenvalue weighted by molar-refractivity contribution is 5.92. The van der Waals surface area contributed by atoms with Gasteiger partial charge in [0, 0.05) is 13.1 Å². The van der Waals surface area contributed by atoms with Crippen LogP contribution >= 0.6 is 0 Å². The number of aromatic nitrogens is 1. The van der Waals surface area contributed by atoms with Crippen molar-refractivity contribution >= 4 is 17.4 Å². The average Bonchev–Trinajstić information content (AvgIpc) is 3.10. The number of pyridine rings is 1. The van der Waals surface area contributed by atoms with Crippen molar-refractivity contribution in [1.82, 2.24) is 4.98 Å².